The molecule has 0 aliphatic carbocycles. The zero-order chi connectivity index (χ0) is 10.1. The number of halogens is 3. The van der Waals surface area contributed by atoms with Crippen molar-refractivity contribution in [3.8, 4) is 5.75 Å². The summed E-state index contributed by atoms with van der Waals surface area (Å²) in [6.45, 7) is 0. The lowest BCUT2D eigenvalue weighted by atomic mass is 10.2. The number of nitrogens with two attached hydrogens (primary N) is 2. The lowest BCUT2D eigenvalue weighted by molar-refractivity contribution is -0.274. The van der Waals surface area contributed by atoms with E-state index in [1.165, 1.54) is 12.1 Å². The van der Waals surface area contributed by atoms with Gasteiger partial charge in [-0.3, -0.25) is 0 Å². The molecule has 0 saturated heterocycles. The smallest absolute Gasteiger partial charge is 0.404 e. The van der Waals surface area contributed by atoms with E-state index in [1.54, 1.807) is 0 Å². The average molecular weight is 192 g/mol. The van der Waals surface area contributed by atoms with E-state index in [1.807, 2.05) is 0 Å². The van der Waals surface area contributed by atoms with Crippen LogP contribution in [0.5, 0.6) is 5.75 Å². The summed E-state index contributed by atoms with van der Waals surface area (Å²) in [5.41, 5.74) is 10.5. The standard InChI is InChI=1S/C7H7F3N2O/c8-7(9,10)13-6-3-4(11)1-2-5(6)12/h1-3H,11-12H2. The van der Waals surface area contributed by atoms with E-state index >= 15 is 0 Å². The third-order valence-corrected chi connectivity index (χ3v) is 1.26. The first-order chi connectivity index (χ1) is 5.88. The molecule has 0 fully saturated rings. The number of hydrogen-bond acceptors (Lipinski definition) is 3. The highest BCUT2D eigenvalue weighted by molar-refractivity contribution is 5.59. The number of hydrogen-bond donors (Lipinski definition) is 2. The summed E-state index contributed by atoms with van der Waals surface area (Å²) < 4.78 is 38.8. The van der Waals surface area contributed by atoms with Gasteiger partial charge in [0.05, 0.1) is 5.69 Å². The molecule has 0 atom stereocenters. The number of rotatable bonds is 1. The van der Waals surface area contributed by atoms with E-state index in [0.29, 0.717) is 0 Å². The van der Waals surface area contributed by atoms with E-state index in [2.05, 4.69) is 4.74 Å². The summed E-state index contributed by atoms with van der Waals surface area (Å²) >= 11 is 0. The maximum absolute atomic E-state index is 11.7. The minimum Gasteiger partial charge on any atom is -0.404 e. The molecule has 0 saturated carbocycles. The van der Waals surface area contributed by atoms with Gasteiger partial charge in [0.25, 0.3) is 0 Å². The molecule has 0 aliphatic rings. The third kappa shape index (κ3) is 2.73. The lowest BCUT2D eigenvalue weighted by Crippen LogP contribution is -2.18. The molecule has 0 amide bonds. The van der Waals surface area contributed by atoms with Crippen LogP contribution in [0, 0.1) is 0 Å². The molecule has 3 nitrogen and oxygen atoms in total. The second-order valence-electron chi connectivity index (χ2n) is 2.35. The zero-order valence-electron chi connectivity index (χ0n) is 6.43. The van der Waals surface area contributed by atoms with E-state index in [9.17, 15) is 13.2 Å². The second kappa shape index (κ2) is 3.04. The van der Waals surface area contributed by atoms with E-state index < -0.39 is 12.1 Å². The van der Waals surface area contributed by atoms with Crippen LogP contribution in [0.2, 0.25) is 0 Å². The van der Waals surface area contributed by atoms with Gasteiger partial charge in [0.1, 0.15) is 0 Å². The molecule has 0 spiro atoms. The van der Waals surface area contributed by atoms with Gasteiger partial charge in [-0.15, -0.1) is 13.2 Å². The van der Waals surface area contributed by atoms with Crippen LogP contribution in [0.25, 0.3) is 0 Å². The summed E-state index contributed by atoms with van der Waals surface area (Å²) in [4.78, 5) is 0. The molecule has 1 aromatic carbocycles. The lowest BCUT2D eigenvalue weighted by Gasteiger charge is -2.10. The van der Waals surface area contributed by atoms with Gasteiger partial charge >= 0.3 is 6.36 Å². The van der Waals surface area contributed by atoms with Crippen LogP contribution in [-0.2, 0) is 0 Å². The Labute approximate surface area is 72.1 Å². The molecule has 72 valence electrons. The molecule has 0 heterocycles. The second-order valence-corrected chi connectivity index (χ2v) is 2.35. The number of benzene rings is 1. The summed E-state index contributed by atoms with van der Waals surface area (Å²) in [7, 11) is 0. The molecule has 0 unspecified atom stereocenters. The molecular weight excluding hydrogens is 185 g/mol. The minimum absolute atomic E-state index is 0.105. The monoisotopic (exact) mass is 192 g/mol. The molecular formula is C7H7F3N2O. The van der Waals surface area contributed by atoms with Crippen molar-refractivity contribution in [3.63, 3.8) is 0 Å². The van der Waals surface area contributed by atoms with Gasteiger partial charge in [-0.1, -0.05) is 0 Å². The number of nitrogen functional groups attached to an aromatic ring is 2. The Morgan fingerprint density at radius 3 is 2.31 bits per heavy atom. The van der Waals surface area contributed by atoms with Crippen LogP contribution in [0.1, 0.15) is 0 Å². The van der Waals surface area contributed by atoms with Gasteiger partial charge < -0.3 is 16.2 Å². The fourth-order valence-electron chi connectivity index (χ4n) is 0.764. The topological polar surface area (TPSA) is 61.3 Å². The van der Waals surface area contributed by atoms with E-state index in [-0.39, 0.29) is 11.4 Å². The predicted octanol–water partition coefficient (Wildman–Crippen LogP) is 1.75. The average Bonchev–Trinajstić information content (AvgIpc) is 1.94. The molecule has 6 heteroatoms. The normalized spacial score (nSPS) is 11.3. The Balaban J connectivity index is 2.94. The van der Waals surface area contributed by atoms with Gasteiger partial charge in [-0.2, -0.15) is 0 Å². The van der Waals surface area contributed by atoms with Gasteiger partial charge in [-0.05, 0) is 12.1 Å². The van der Waals surface area contributed by atoms with Crippen molar-refractivity contribution in [2.75, 3.05) is 11.5 Å². The van der Waals surface area contributed by atoms with E-state index in [0.717, 1.165) is 6.07 Å². The quantitative estimate of drug-likeness (QED) is 0.666. The molecule has 0 aromatic heterocycles. The molecule has 0 bridgehead atoms. The Morgan fingerprint density at radius 1 is 1.15 bits per heavy atom. The van der Waals surface area contributed by atoms with Gasteiger partial charge in [-0.25, -0.2) is 0 Å². The molecule has 13 heavy (non-hydrogen) atoms. The largest absolute Gasteiger partial charge is 0.573 e. The third-order valence-electron chi connectivity index (χ3n) is 1.26. The highest BCUT2D eigenvalue weighted by atomic mass is 19.4. The van der Waals surface area contributed by atoms with E-state index in [4.69, 9.17) is 11.5 Å². The SMILES string of the molecule is Nc1ccc(N)c(OC(F)(F)F)c1. The van der Waals surface area contributed by atoms with Crippen molar-refractivity contribution >= 4 is 11.4 Å². The maximum atomic E-state index is 11.7. The number of anilines is 2. The van der Waals surface area contributed by atoms with Crippen LogP contribution in [0.15, 0.2) is 18.2 Å². The summed E-state index contributed by atoms with van der Waals surface area (Å²) in [5, 5.41) is 0. The van der Waals surface area contributed by atoms with Crippen molar-refractivity contribution in [2.24, 2.45) is 0 Å². The van der Waals surface area contributed by atoms with Crippen molar-refractivity contribution in [1.29, 1.82) is 0 Å². The van der Waals surface area contributed by atoms with Crippen LogP contribution in [0.4, 0.5) is 24.5 Å². The van der Waals surface area contributed by atoms with Crippen molar-refractivity contribution in [1.82, 2.24) is 0 Å². The fraction of sp³-hybridized carbons (Fsp3) is 0.143. The highest BCUT2D eigenvalue weighted by Gasteiger charge is 2.31. The van der Waals surface area contributed by atoms with Gasteiger partial charge in [0.2, 0.25) is 0 Å². The molecule has 0 radical (unpaired) electrons. The molecule has 0 aliphatic heterocycles. The molecule has 4 N–H and O–H groups in total. The highest BCUT2D eigenvalue weighted by Crippen LogP contribution is 2.29. The Morgan fingerprint density at radius 2 is 1.77 bits per heavy atom. The maximum Gasteiger partial charge on any atom is 0.573 e. The number of ether oxygens (including phenoxy) is 1. The van der Waals surface area contributed by atoms with Crippen LogP contribution >= 0.6 is 0 Å². The van der Waals surface area contributed by atoms with Crippen molar-refractivity contribution in [3.05, 3.63) is 18.2 Å². The number of alkyl halides is 3. The Bertz CT molecular complexity index is 311. The summed E-state index contributed by atoms with van der Waals surface area (Å²) in [6, 6.07) is 3.65. The summed E-state index contributed by atoms with van der Waals surface area (Å²) in [5.74, 6) is -0.479. The predicted molar refractivity (Wildman–Crippen MR) is 41.9 cm³/mol. The van der Waals surface area contributed by atoms with Crippen molar-refractivity contribution < 1.29 is 17.9 Å². The minimum atomic E-state index is -4.75. The zero-order valence-corrected chi connectivity index (χ0v) is 6.43. The first kappa shape index (κ1) is 9.50. The Hall–Kier alpha value is -1.59. The van der Waals surface area contributed by atoms with Crippen LogP contribution in [0.3, 0.4) is 0 Å². The first-order valence-corrected chi connectivity index (χ1v) is 3.29. The fourth-order valence-corrected chi connectivity index (χ4v) is 0.764. The van der Waals surface area contributed by atoms with Crippen molar-refractivity contribution in [2.45, 2.75) is 6.36 Å². The van der Waals surface area contributed by atoms with Gasteiger partial charge in [0.15, 0.2) is 5.75 Å². The molecule has 1 rings (SSSR count). The van der Waals surface area contributed by atoms with Gasteiger partial charge in [0, 0.05) is 11.8 Å². The van der Waals surface area contributed by atoms with Crippen LogP contribution < -0.4 is 16.2 Å². The summed E-state index contributed by atoms with van der Waals surface area (Å²) in [6.07, 6.45) is -4.75. The van der Waals surface area contributed by atoms with Crippen LogP contribution in [-0.4, -0.2) is 6.36 Å². The first-order valence-electron chi connectivity index (χ1n) is 3.29. The molecule has 1 aromatic rings. The Kier molecular flexibility index (Phi) is 2.22.